The quantitative estimate of drug-likeness (QED) is 0.666. The van der Waals surface area contributed by atoms with E-state index in [1.807, 2.05) is 35.8 Å². The molecule has 0 spiro atoms. The van der Waals surface area contributed by atoms with Crippen molar-refractivity contribution in [2.45, 2.75) is 30.8 Å². The van der Waals surface area contributed by atoms with Crippen LogP contribution in [0.1, 0.15) is 51.3 Å². The molecule has 1 amide bonds. The summed E-state index contributed by atoms with van der Waals surface area (Å²) in [4.78, 5) is 20.2. The number of methoxy groups -OCH3 is 1. The molecule has 0 saturated heterocycles. The molecular weight excluding hydrogens is 356 g/mol. The van der Waals surface area contributed by atoms with E-state index in [1.165, 1.54) is 5.56 Å². The van der Waals surface area contributed by atoms with Crippen LogP contribution in [0.3, 0.4) is 0 Å². The van der Waals surface area contributed by atoms with Crippen LogP contribution in [0.25, 0.3) is 0 Å². The van der Waals surface area contributed by atoms with Gasteiger partial charge in [0, 0.05) is 29.1 Å². The average molecular weight is 376 g/mol. The first kappa shape index (κ1) is 16.5. The lowest BCUT2D eigenvalue weighted by atomic mass is 9.78. The minimum absolute atomic E-state index is 0.0424. The Labute approximate surface area is 162 Å². The molecule has 1 aliphatic heterocycles. The van der Waals surface area contributed by atoms with Crippen molar-refractivity contribution in [3.8, 4) is 5.75 Å². The topological polar surface area (TPSA) is 42.4 Å². The third-order valence-electron chi connectivity index (χ3n) is 5.48. The van der Waals surface area contributed by atoms with E-state index < -0.39 is 0 Å². The molecule has 1 fully saturated rings. The predicted molar refractivity (Wildman–Crippen MR) is 105 cm³/mol. The summed E-state index contributed by atoms with van der Waals surface area (Å²) >= 11 is 1.63. The molecule has 1 aliphatic carbocycles. The van der Waals surface area contributed by atoms with E-state index >= 15 is 0 Å². The molecule has 2 atom stereocenters. The van der Waals surface area contributed by atoms with Crippen molar-refractivity contribution < 1.29 is 9.53 Å². The number of fused-ring (bicyclic) bond motifs is 1. The number of hydrogen-bond acceptors (Lipinski definition) is 4. The molecule has 2 unspecified atom stereocenters. The molecule has 3 aromatic rings. The Kier molecular flexibility index (Phi) is 3.97. The van der Waals surface area contributed by atoms with Gasteiger partial charge in [0.1, 0.15) is 10.8 Å². The van der Waals surface area contributed by atoms with Gasteiger partial charge < -0.3 is 9.64 Å². The van der Waals surface area contributed by atoms with E-state index in [0.717, 1.165) is 34.7 Å². The molecule has 5 heteroatoms. The van der Waals surface area contributed by atoms with Crippen LogP contribution in [0.4, 0.5) is 0 Å². The lowest BCUT2D eigenvalue weighted by Crippen LogP contribution is -2.44. The zero-order valence-corrected chi connectivity index (χ0v) is 15.9. The minimum Gasteiger partial charge on any atom is -0.497 e. The van der Waals surface area contributed by atoms with Gasteiger partial charge in [-0.2, -0.15) is 0 Å². The van der Waals surface area contributed by atoms with Gasteiger partial charge in [0.15, 0.2) is 0 Å². The summed E-state index contributed by atoms with van der Waals surface area (Å²) in [7, 11) is 1.67. The van der Waals surface area contributed by atoms with Crippen LogP contribution in [0, 0.1) is 0 Å². The van der Waals surface area contributed by atoms with Gasteiger partial charge in [-0.15, -0.1) is 11.3 Å². The Hall–Kier alpha value is -2.66. The zero-order chi connectivity index (χ0) is 18.4. The fourth-order valence-electron chi connectivity index (χ4n) is 4.13. The van der Waals surface area contributed by atoms with Crippen molar-refractivity contribution in [2.75, 3.05) is 7.11 Å². The summed E-state index contributed by atoms with van der Waals surface area (Å²) in [5.74, 6) is 0.934. The Balaban J connectivity index is 1.76. The summed E-state index contributed by atoms with van der Waals surface area (Å²) in [5.41, 5.74) is 3.01. The maximum atomic E-state index is 13.4. The summed E-state index contributed by atoms with van der Waals surface area (Å²) in [6, 6.07) is 16.5. The van der Waals surface area contributed by atoms with Crippen LogP contribution in [-0.4, -0.2) is 28.9 Å². The maximum Gasteiger partial charge on any atom is 0.255 e. The fourth-order valence-corrected chi connectivity index (χ4v) is 4.90. The molecule has 27 heavy (non-hydrogen) atoms. The van der Waals surface area contributed by atoms with Gasteiger partial charge in [-0.1, -0.05) is 30.3 Å². The number of benzene rings is 2. The highest BCUT2D eigenvalue weighted by atomic mass is 32.1. The lowest BCUT2D eigenvalue weighted by Gasteiger charge is -2.42. The van der Waals surface area contributed by atoms with E-state index in [2.05, 4.69) is 34.1 Å². The molecule has 136 valence electrons. The Morgan fingerprint density at radius 2 is 1.96 bits per heavy atom. The van der Waals surface area contributed by atoms with Crippen molar-refractivity contribution in [3.63, 3.8) is 0 Å². The first-order valence-corrected chi connectivity index (χ1v) is 10.1. The number of ether oxygens (including phenoxy) is 1. The number of nitrogens with zero attached hydrogens (tertiary/aromatic N) is 2. The third kappa shape index (κ3) is 2.73. The van der Waals surface area contributed by atoms with Gasteiger partial charge in [0.05, 0.1) is 13.2 Å². The first-order chi connectivity index (χ1) is 13.3. The second kappa shape index (κ2) is 6.50. The number of carbonyl (C=O) groups is 1. The summed E-state index contributed by atoms with van der Waals surface area (Å²) in [6.45, 7) is 0. The summed E-state index contributed by atoms with van der Waals surface area (Å²) < 4.78 is 5.47. The third-order valence-corrected chi connectivity index (χ3v) is 6.32. The number of hydrogen-bond donors (Lipinski definition) is 0. The Morgan fingerprint density at radius 1 is 1.15 bits per heavy atom. The van der Waals surface area contributed by atoms with Gasteiger partial charge in [-0.05, 0) is 42.2 Å². The SMILES string of the molecule is COc1ccc2c(c1)C(c1ccccc1)C(c1nccs1)N(C1CC1)C2=O. The molecule has 0 bridgehead atoms. The number of aromatic nitrogens is 1. The highest BCUT2D eigenvalue weighted by Crippen LogP contribution is 2.51. The smallest absolute Gasteiger partial charge is 0.255 e. The summed E-state index contributed by atoms with van der Waals surface area (Å²) in [5, 5.41) is 2.99. The highest BCUT2D eigenvalue weighted by Gasteiger charge is 2.48. The fraction of sp³-hybridized carbons (Fsp3) is 0.273. The summed E-state index contributed by atoms with van der Waals surface area (Å²) in [6.07, 6.45) is 3.97. The molecule has 1 aromatic heterocycles. The average Bonchev–Trinajstić information content (AvgIpc) is 3.40. The molecule has 0 radical (unpaired) electrons. The van der Waals surface area contributed by atoms with Crippen LogP contribution >= 0.6 is 11.3 Å². The van der Waals surface area contributed by atoms with Crippen molar-refractivity contribution in [1.82, 2.24) is 9.88 Å². The molecule has 4 nitrogen and oxygen atoms in total. The lowest BCUT2D eigenvalue weighted by molar-refractivity contribution is 0.0604. The minimum atomic E-state index is -0.0768. The van der Waals surface area contributed by atoms with Crippen molar-refractivity contribution in [3.05, 3.63) is 81.8 Å². The molecule has 5 rings (SSSR count). The Bertz CT molecular complexity index is 967. The van der Waals surface area contributed by atoms with Gasteiger partial charge in [-0.3, -0.25) is 4.79 Å². The molecule has 2 aliphatic rings. The zero-order valence-electron chi connectivity index (χ0n) is 15.0. The first-order valence-electron chi connectivity index (χ1n) is 9.23. The highest BCUT2D eigenvalue weighted by molar-refractivity contribution is 7.09. The molecule has 2 heterocycles. The second-order valence-corrected chi connectivity index (χ2v) is 8.03. The van der Waals surface area contributed by atoms with Crippen molar-refractivity contribution in [1.29, 1.82) is 0 Å². The van der Waals surface area contributed by atoms with E-state index in [4.69, 9.17) is 4.74 Å². The van der Waals surface area contributed by atoms with Crippen LogP contribution in [-0.2, 0) is 0 Å². The normalized spacial score (nSPS) is 21.8. The molecule has 1 saturated carbocycles. The second-order valence-electron chi connectivity index (χ2n) is 7.10. The van der Waals surface area contributed by atoms with Gasteiger partial charge >= 0.3 is 0 Å². The number of carbonyl (C=O) groups excluding carboxylic acids is 1. The van der Waals surface area contributed by atoms with Gasteiger partial charge in [0.25, 0.3) is 5.91 Å². The standard InChI is InChI=1S/C22H20N2O2S/c1-26-16-9-10-17-18(13-16)19(14-5-3-2-4-6-14)20(21-23-11-12-27-21)24(22(17)25)15-7-8-15/h2-6,9-13,15,19-20H,7-8H2,1H3. The van der Waals surface area contributed by atoms with Crippen LogP contribution in [0.5, 0.6) is 5.75 Å². The molecule has 2 aromatic carbocycles. The van der Waals surface area contributed by atoms with E-state index in [1.54, 1.807) is 18.4 Å². The molecular formula is C22H20N2O2S. The van der Waals surface area contributed by atoms with Crippen LogP contribution in [0.2, 0.25) is 0 Å². The van der Waals surface area contributed by atoms with Crippen molar-refractivity contribution in [2.24, 2.45) is 0 Å². The van der Waals surface area contributed by atoms with E-state index in [0.29, 0.717) is 6.04 Å². The van der Waals surface area contributed by atoms with Gasteiger partial charge in [-0.25, -0.2) is 4.98 Å². The van der Waals surface area contributed by atoms with E-state index in [9.17, 15) is 4.79 Å². The Morgan fingerprint density at radius 3 is 2.63 bits per heavy atom. The van der Waals surface area contributed by atoms with Crippen LogP contribution in [0.15, 0.2) is 60.1 Å². The number of amides is 1. The van der Waals surface area contributed by atoms with E-state index in [-0.39, 0.29) is 17.9 Å². The largest absolute Gasteiger partial charge is 0.497 e. The maximum absolute atomic E-state index is 13.4. The number of thiazole rings is 1. The van der Waals surface area contributed by atoms with Gasteiger partial charge in [0.2, 0.25) is 0 Å². The monoisotopic (exact) mass is 376 g/mol. The molecule has 0 N–H and O–H groups in total. The predicted octanol–water partition coefficient (Wildman–Crippen LogP) is 4.64. The van der Waals surface area contributed by atoms with Crippen molar-refractivity contribution >= 4 is 17.2 Å². The van der Waals surface area contributed by atoms with Crippen LogP contribution < -0.4 is 4.74 Å². The number of rotatable bonds is 4.